The fraction of sp³-hybridized carbons (Fsp3) is 0.462. The van der Waals surface area contributed by atoms with Gasteiger partial charge in [0.25, 0.3) is 0 Å². The predicted molar refractivity (Wildman–Crippen MR) is 62.8 cm³/mol. The Morgan fingerprint density at radius 2 is 1.88 bits per heavy atom. The van der Waals surface area contributed by atoms with Gasteiger partial charge >= 0.3 is 5.97 Å². The summed E-state index contributed by atoms with van der Waals surface area (Å²) in [7, 11) is 0. The molecule has 0 fully saturated rings. The van der Waals surface area contributed by atoms with E-state index in [0.717, 1.165) is 6.42 Å². The maximum absolute atomic E-state index is 11.1. The van der Waals surface area contributed by atoms with Crippen molar-refractivity contribution in [3.63, 3.8) is 0 Å². The molecule has 0 saturated heterocycles. The second-order valence-electron chi connectivity index (χ2n) is 3.99. The molecule has 16 heavy (non-hydrogen) atoms. The lowest BCUT2D eigenvalue weighted by Gasteiger charge is -2.24. The number of hydrogen-bond acceptors (Lipinski definition) is 2. The smallest absolute Gasteiger partial charge is 0.347 e. The van der Waals surface area contributed by atoms with E-state index in [2.05, 4.69) is 6.92 Å². The van der Waals surface area contributed by atoms with E-state index in [1.807, 2.05) is 24.3 Å². The summed E-state index contributed by atoms with van der Waals surface area (Å²) in [5.74, 6) is -0.335. The molecule has 0 aromatic heterocycles. The van der Waals surface area contributed by atoms with E-state index in [1.165, 1.54) is 5.56 Å². The van der Waals surface area contributed by atoms with Crippen molar-refractivity contribution < 1.29 is 14.6 Å². The quantitative estimate of drug-likeness (QED) is 0.833. The summed E-state index contributed by atoms with van der Waals surface area (Å²) < 4.78 is 5.51. The molecule has 1 N–H and O–H groups in total. The van der Waals surface area contributed by atoms with Crippen LogP contribution in [0, 0.1) is 0 Å². The van der Waals surface area contributed by atoms with Gasteiger partial charge in [-0.2, -0.15) is 0 Å². The van der Waals surface area contributed by atoms with Gasteiger partial charge in [0.15, 0.2) is 0 Å². The summed E-state index contributed by atoms with van der Waals surface area (Å²) in [6, 6.07) is 7.53. The van der Waals surface area contributed by atoms with Gasteiger partial charge in [0, 0.05) is 0 Å². The Bertz CT molecular complexity index is 356. The van der Waals surface area contributed by atoms with Gasteiger partial charge < -0.3 is 9.84 Å². The minimum Gasteiger partial charge on any atom is -0.478 e. The highest BCUT2D eigenvalue weighted by Gasteiger charge is 2.33. The lowest BCUT2D eigenvalue weighted by atomic mass is 10.0. The molecule has 0 bridgehead atoms. The van der Waals surface area contributed by atoms with Gasteiger partial charge in [-0.05, 0) is 37.5 Å². The predicted octanol–water partition coefficient (Wildman–Crippen LogP) is 2.88. The van der Waals surface area contributed by atoms with Gasteiger partial charge in [-0.15, -0.1) is 0 Å². The highest BCUT2D eigenvalue weighted by Crippen LogP contribution is 2.22. The number of carbonyl (C=O) groups is 1. The molecule has 0 saturated carbocycles. The van der Waals surface area contributed by atoms with Crippen molar-refractivity contribution in [2.75, 3.05) is 0 Å². The van der Waals surface area contributed by atoms with Gasteiger partial charge in [0.2, 0.25) is 5.60 Å². The first-order valence-electron chi connectivity index (χ1n) is 5.53. The summed E-state index contributed by atoms with van der Waals surface area (Å²) in [6.45, 7) is 5.46. The number of aliphatic carboxylic acids is 1. The third-order valence-electron chi connectivity index (χ3n) is 2.80. The van der Waals surface area contributed by atoms with Crippen molar-refractivity contribution in [1.29, 1.82) is 0 Å². The first kappa shape index (κ1) is 12.6. The van der Waals surface area contributed by atoms with Gasteiger partial charge in [-0.25, -0.2) is 4.79 Å². The average molecular weight is 222 g/mol. The third-order valence-corrected chi connectivity index (χ3v) is 2.80. The number of rotatable bonds is 5. The van der Waals surface area contributed by atoms with E-state index in [0.29, 0.717) is 12.2 Å². The highest BCUT2D eigenvalue weighted by atomic mass is 16.5. The normalized spacial score (nSPS) is 14.2. The van der Waals surface area contributed by atoms with Crippen LogP contribution in [0.5, 0.6) is 5.75 Å². The van der Waals surface area contributed by atoms with Crippen LogP contribution in [0.2, 0.25) is 0 Å². The number of carboxylic acid groups (broad SMARTS) is 1. The lowest BCUT2D eigenvalue weighted by Crippen LogP contribution is -2.40. The van der Waals surface area contributed by atoms with E-state index in [9.17, 15) is 4.79 Å². The first-order chi connectivity index (χ1) is 7.51. The second kappa shape index (κ2) is 5.01. The standard InChI is InChI=1S/C13H18O3/c1-4-10-6-8-11(9-7-10)16-13(3,5-2)12(14)15/h6-9H,4-5H2,1-3H3,(H,14,15). The first-order valence-corrected chi connectivity index (χ1v) is 5.53. The van der Waals surface area contributed by atoms with Crippen LogP contribution in [0.4, 0.5) is 0 Å². The Morgan fingerprint density at radius 1 is 1.31 bits per heavy atom. The lowest BCUT2D eigenvalue weighted by molar-refractivity contribution is -0.154. The van der Waals surface area contributed by atoms with E-state index >= 15 is 0 Å². The Morgan fingerprint density at radius 3 is 2.25 bits per heavy atom. The zero-order chi connectivity index (χ0) is 12.2. The summed E-state index contributed by atoms with van der Waals surface area (Å²) >= 11 is 0. The highest BCUT2D eigenvalue weighted by molar-refractivity contribution is 5.77. The molecule has 1 unspecified atom stereocenters. The number of ether oxygens (including phenoxy) is 1. The van der Waals surface area contributed by atoms with Crippen LogP contribution in [0.15, 0.2) is 24.3 Å². The SMILES string of the molecule is CCc1ccc(OC(C)(CC)C(=O)O)cc1. The summed E-state index contributed by atoms with van der Waals surface area (Å²) in [6.07, 6.45) is 1.39. The zero-order valence-electron chi connectivity index (χ0n) is 9.99. The van der Waals surface area contributed by atoms with Crippen molar-refractivity contribution in [1.82, 2.24) is 0 Å². The summed E-state index contributed by atoms with van der Waals surface area (Å²) in [5.41, 5.74) is 0.0640. The molecule has 0 aliphatic heterocycles. The molecule has 0 amide bonds. The van der Waals surface area contributed by atoms with E-state index in [1.54, 1.807) is 13.8 Å². The number of carboxylic acids is 1. The minimum atomic E-state index is -1.15. The van der Waals surface area contributed by atoms with Crippen molar-refractivity contribution in [2.24, 2.45) is 0 Å². The molecule has 1 aromatic rings. The van der Waals surface area contributed by atoms with Crippen molar-refractivity contribution >= 4 is 5.97 Å². The molecule has 0 aliphatic rings. The van der Waals surface area contributed by atoms with Gasteiger partial charge in [-0.1, -0.05) is 26.0 Å². The Labute approximate surface area is 96.1 Å². The molecule has 88 valence electrons. The molecule has 1 aromatic carbocycles. The number of hydrogen-bond donors (Lipinski definition) is 1. The molecular formula is C13H18O3. The topological polar surface area (TPSA) is 46.5 Å². The summed E-state index contributed by atoms with van der Waals surface area (Å²) in [4.78, 5) is 11.1. The molecule has 0 heterocycles. The second-order valence-corrected chi connectivity index (χ2v) is 3.99. The van der Waals surface area contributed by atoms with Crippen LogP contribution in [0.25, 0.3) is 0 Å². The van der Waals surface area contributed by atoms with Gasteiger partial charge in [0.1, 0.15) is 5.75 Å². The molecule has 1 rings (SSSR count). The maximum atomic E-state index is 11.1. The molecule has 0 spiro atoms. The monoisotopic (exact) mass is 222 g/mol. The molecule has 0 radical (unpaired) electrons. The fourth-order valence-corrected chi connectivity index (χ4v) is 1.32. The van der Waals surface area contributed by atoms with Gasteiger partial charge in [0.05, 0.1) is 0 Å². The molecule has 0 aliphatic carbocycles. The van der Waals surface area contributed by atoms with Crippen LogP contribution in [0.3, 0.4) is 0 Å². The maximum Gasteiger partial charge on any atom is 0.347 e. The van der Waals surface area contributed by atoms with Gasteiger partial charge in [-0.3, -0.25) is 0 Å². The van der Waals surface area contributed by atoms with Crippen molar-refractivity contribution in [3.8, 4) is 5.75 Å². The summed E-state index contributed by atoms with van der Waals surface area (Å²) in [5, 5.41) is 9.07. The molecular weight excluding hydrogens is 204 g/mol. The van der Waals surface area contributed by atoms with Crippen LogP contribution in [-0.4, -0.2) is 16.7 Å². The van der Waals surface area contributed by atoms with E-state index < -0.39 is 11.6 Å². The third kappa shape index (κ3) is 2.75. The van der Waals surface area contributed by atoms with Crippen LogP contribution >= 0.6 is 0 Å². The average Bonchev–Trinajstić information content (AvgIpc) is 2.29. The van der Waals surface area contributed by atoms with Crippen LogP contribution in [0.1, 0.15) is 32.8 Å². The molecule has 1 atom stereocenters. The van der Waals surface area contributed by atoms with Crippen LogP contribution in [-0.2, 0) is 11.2 Å². The largest absolute Gasteiger partial charge is 0.478 e. The number of benzene rings is 1. The zero-order valence-corrected chi connectivity index (χ0v) is 9.99. The Balaban J connectivity index is 2.82. The Hall–Kier alpha value is -1.51. The Kier molecular flexibility index (Phi) is 3.93. The van der Waals surface area contributed by atoms with Crippen molar-refractivity contribution in [2.45, 2.75) is 39.2 Å². The molecule has 3 heteroatoms. The molecule has 3 nitrogen and oxygen atoms in total. The van der Waals surface area contributed by atoms with E-state index in [-0.39, 0.29) is 0 Å². The van der Waals surface area contributed by atoms with Crippen LogP contribution < -0.4 is 4.74 Å². The van der Waals surface area contributed by atoms with Crippen molar-refractivity contribution in [3.05, 3.63) is 29.8 Å². The fourth-order valence-electron chi connectivity index (χ4n) is 1.32. The van der Waals surface area contributed by atoms with E-state index in [4.69, 9.17) is 9.84 Å². The number of aryl methyl sites for hydroxylation is 1. The minimum absolute atomic E-state index is 0.428.